The standard InChI is InChI=1S/C13H14BrN3/c1-17-12(10-4-2-3-5-11(10)14)8-13(16-17)15-9-6-7-9/h2-5,8-9H,6-7H2,1H3,(H,15,16). The first-order valence-corrected chi connectivity index (χ1v) is 6.59. The zero-order valence-corrected chi connectivity index (χ0v) is 11.2. The quantitative estimate of drug-likeness (QED) is 0.939. The third-order valence-corrected chi connectivity index (χ3v) is 3.65. The molecule has 0 spiro atoms. The topological polar surface area (TPSA) is 29.9 Å². The van der Waals surface area contributed by atoms with Crippen LogP contribution in [0.2, 0.25) is 0 Å². The predicted molar refractivity (Wildman–Crippen MR) is 73.0 cm³/mol. The van der Waals surface area contributed by atoms with Gasteiger partial charge in [0, 0.05) is 29.2 Å². The van der Waals surface area contributed by atoms with Crippen LogP contribution in [0.3, 0.4) is 0 Å². The van der Waals surface area contributed by atoms with Gasteiger partial charge in [-0.25, -0.2) is 0 Å². The smallest absolute Gasteiger partial charge is 0.148 e. The zero-order chi connectivity index (χ0) is 11.8. The summed E-state index contributed by atoms with van der Waals surface area (Å²) >= 11 is 3.58. The molecule has 1 heterocycles. The summed E-state index contributed by atoms with van der Waals surface area (Å²) in [6.07, 6.45) is 2.53. The van der Waals surface area contributed by atoms with Crippen LogP contribution < -0.4 is 5.32 Å². The molecular formula is C13H14BrN3. The fourth-order valence-electron chi connectivity index (χ4n) is 1.90. The van der Waals surface area contributed by atoms with Crippen LogP contribution in [-0.4, -0.2) is 15.8 Å². The molecule has 0 bridgehead atoms. The van der Waals surface area contributed by atoms with Crippen molar-refractivity contribution >= 4 is 21.7 Å². The van der Waals surface area contributed by atoms with Gasteiger partial charge >= 0.3 is 0 Å². The van der Waals surface area contributed by atoms with Crippen LogP contribution in [0.15, 0.2) is 34.8 Å². The molecule has 0 atom stereocenters. The van der Waals surface area contributed by atoms with E-state index in [2.05, 4.69) is 44.5 Å². The molecule has 1 saturated carbocycles. The van der Waals surface area contributed by atoms with Gasteiger partial charge in [-0.3, -0.25) is 4.68 Å². The van der Waals surface area contributed by atoms with Crippen molar-refractivity contribution in [3.63, 3.8) is 0 Å². The molecule has 3 nitrogen and oxygen atoms in total. The normalized spacial score (nSPS) is 14.9. The van der Waals surface area contributed by atoms with Gasteiger partial charge in [-0.05, 0) is 18.9 Å². The molecule has 0 saturated heterocycles. The number of hydrogen-bond acceptors (Lipinski definition) is 2. The highest BCUT2D eigenvalue weighted by molar-refractivity contribution is 9.10. The summed E-state index contributed by atoms with van der Waals surface area (Å²) < 4.78 is 3.02. The van der Waals surface area contributed by atoms with Crippen LogP contribution in [0.4, 0.5) is 5.82 Å². The summed E-state index contributed by atoms with van der Waals surface area (Å²) in [5, 5.41) is 7.91. The molecule has 17 heavy (non-hydrogen) atoms. The molecule has 0 radical (unpaired) electrons. The Morgan fingerprint density at radius 1 is 1.35 bits per heavy atom. The molecular weight excluding hydrogens is 278 g/mol. The van der Waals surface area contributed by atoms with Gasteiger partial charge in [0.2, 0.25) is 0 Å². The molecule has 0 unspecified atom stereocenters. The maximum absolute atomic E-state index is 4.49. The second kappa shape index (κ2) is 4.18. The molecule has 0 amide bonds. The van der Waals surface area contributed by atoms with Crippen molar-refractivity contribution in [2.24, 2.45) is 7.05 Å². The molecule has 1 aromatic heterocycles. The van der Waals surface area contributed by atoms with E-state index in [0.29, 0.717) is 6.04 Å². The van der Waals surface area contributed by atoms with Crippen molar-refractivity contribution < 1.29 is 0 Å². The number of aryl methyl sites for hydroxylation is 1. The van der Waals surface area contributed by atoms with Gasteiger partial charge in [0.1, 0.15) is 5.82 Å². The highest BCUT2D eigenvalue weighted by atomic mass is 79.9. The van der Waals surface area contributed by atoms with Crippen LogP contribution in [0.25, 0.3) is 11.3 Å². The Balaban J connectivity index is 1.96. The summed E-state index contributed by atoms with van der Waals surface area (Å²) in [6, 6.07) is 11.0. The first-order chi connectivity index (χ1) is 8.24. The molecule has 2 aromatic rings. The Bertz CT molecular complexity index is 543. The molecule has 3 rings (SSSR count). The summed E-state index contributed by atoms with van der Waals surface area (Å²) in [4.78, 5) is 0. The number of nitrogens with one attached hydrogen (secondary N) is 1. The molecule has 1 N–H and O–H groups in total. The molecule has 1 fully saturated rings. The minimum atomic E-state index is 0.636. The lowest BCUT2D eigenvalue weighted by molar-refractivity contribution is 0.776. The van der Waals surface area contributed by atoms with Gasteiger partial charge in [0.15, 0.2) is 0 Å². The third-order valence-electron chi connectivity index (χ3n) is 2.96. The Morgan fingerprint density at radius 2 is 2.12 bits per heavy atom. The molecule has 1 aliphatic carbocycles. The molecule has 0 aliphatic heterocycles. The van der Waals surface area contributed by atoms with E-state index in [4.69, 9.17) is 0 Å². The number of anilines is 1. The highest BCUT2D eigenvalue weighted by Gasteiger charge is 2.22. The number of rotatable bonds is 3. The number of nitrogens with zero attached hydrogens (tertiary/aromatic N) is 2. The van der Waals surface area contributed by atoms with Gasteiger partial charge in [-0.15, -0.1) is 0 Å². The lowest BCUT2D eigenvalue weighted by Crippen LogP contribution is -2.01. The van der Waals surface area contributed by atoms with Crippen molar-refractivity contribution in [2.75, 3.05) is 5.32 Å². The van der Waals surface area contributed by atoms with E-state index in [0.717, 1.165) is 16.0 Å². The Hall–Kier alpha value is -1.29. The van der Waals surface area contributed by atoms with Crippen molar-refractivity contribution in [3.05, 3.63) is 34.8 Å². The van der Waals surface area contributed by atoms with Gasteiger partial charge in [0.25, 0.3) is 0 Å². The van der Waals surface area contributed by atoms with E-state index < -0.39 is 0 Å². The van der Waals surface area contributed by atoms with Crippen LogP contribution in [0.1, 0.15) is 12.8 Å². The van der Waals surface area contributed by atoms with E-state index in [1.54, 1.807) is 0 Å². The number of benzene rings is 1. The molecule has 1 aromatic carbocycles. The minimum absolute atomic E-state index is 0.636. The van der Waals surface area contributed by atoms with Crippen LogP contribution in [-0.2, 0) is 7.05 Å². The van der Waals surface area contributed by atoms with Gasteiger partial charge in [-0.1, -0.05) is 34.1 Å². The van der Waals surface area contributed by atoms with Gasteiger partial charge < -0.3 is 5.32 Å². The Morgan fingerprint density at radius 3 is 2.82 bits per heavy atom. The summed E-state index contributed by atoms with van der Waals surface area (Å²) in [6.45, 7) is 0. The lowest BCUT2D eigenvalue weighted by atomic mass is 10.1. The number of halogens is 1. The van der Waals surface area contributed by atoms with E-state index >= 15 is 0 Å². The summed E-state index contributed by atoms with van der Waals surface area (Å²) in [7, 11) is 1.98. The second-order valence-electron chi connectivity index (χ2n) is 4.44. The van der Waals surface area contributed by atoms with E-state index in [1.165, 1.54) is 18.4 Å². The average molecular weight is 292 g/mol. The summed E-state index contributed by atoms with van der Waals surface area (Å²) in [5.41, 5.74) is 2.30. The highest BCUT2D eigenvalue weighted by Crippen LogP contribution is 2.31. The lowest BCUT2D eigenvalue weighted by Gasteiger charge is -2.03. The molecule has 1 aliphatic rings. The van der Waals surface area contributed by atoms with Crippen molar-refractivity contribution in [1.29, 1.82) is 0 Å². The first kappa shape index (κ1) is 10.8. The summed E-state index contributed by atoms with van der Waals surface area (Å²) in [5.74, 6) is 0.973. The Kier molecular flexibility index (Phi) is 2.67. The van der Waals surface area contributed by atoms with Gasteiger partial charge in [0.05, 0.1) is 5.69 Å². The largest absolute Gasteiger partial charge is 0.366 e. The van der Waals surface area contributed by atoms with E-state index in [-0.39, 0.29) is 0 Å². The average Bonchev–Trinajstić information content (AvgIpc) is 3.03. The van der Waals surface area contributed by atoms with Crippen LogP contribution >= 0.6 is 15.9 Å². The van der Waals surface area contributed by atoms with Crippen LogP contribution in [0, 0.1) is 0 Å². The third kappa shape index (κ3) is 2.22. The Labute approximate surface area is 109 Å². The minimum Gasteiger partial charge on any atom is -0.366 e. The second-order valence-corrected chi connectivity index (χ2v) is 5.29. The van der Waals surface area contributed by atoms with Gasteiger partial charge in [-0.2, -0.15) is 5.10 Å². The maximum atomic E-state index is 4.49. The van der Waals surface area contributed by atoms with Crippen molar-refractivity contribution in [1.82, 2.24) is 9.78 Å². The maximum Gasteiger partial charge on any atom is 0.148 e. The van der Waals surface area contributed by atoms with Crippen molar-refractivity contribution in [2.45, 2.75) is 18.9 Å². The van der Waals surface area contributed by atoms with E-state index in [9.17, 15) is 0 Å². The predicted octanol–water partition coefficient (Wildman–Crippen LogP) is 3.42. The molecule has 4 heteroatoms. The fraction of sp³-hybridized carbons (Fsp3) is 0.308. The molecule has 88 valence electrons. The van der Waals surface area contributed by atoms with E-state index in [1.807, 2.05) is 23.9 Å². The van der Waals surface area contributed by atoms with Crippen molar-refractivity contribution in [3.8, 4) is 11.3 Å². The zero-order valence-electron chi connectivity index (χ0n) is 9.65. The van der Waals surface area contributed by atoms with Crippen LogP contribution in [0.5, 0.6) is 0 Å². The fourth-order valence-corrected chi connectivity index (χ4v) is 2.38. The first-order valence-electron chi connectivity index (χ1n) is 5.79. The number of aromatic nitrogens is 2. The SMILES string of the molecule is Cn1nc(NC2CC2)cc1-c1ccccc1Br. The number of hydrogen-bond donors (Lipinski definition) is 1. The monoisotopic (exact) mass is 291 g/mol.